The van der Waals surface area contributed by atoms with E-state index in [2.05, 4.69) is 10.2 Å². The Morgan fingerprint density at radius 3 is 2.07 bits per heavy atom. The molecule has 0 aliphatic carbocycles. The monoisotopic (exact) mass is 560 g/mol. The zero-order valence-corrected chi connectivity index (χ0v) is 23.3. The second kappa shape index (κ2) is 13.6. The van der Waals surface area contributed by atoms with Crippen molar-refractivity contribution in [3.63, 3.8) is 0 Å². The van der Waals surface area contributed by atoms with E-state index in [1.54, 1.807) is 12.1 Å². The van der Waals surface area contributed by atoms with E-state index in [9.17, 15) is 24.2 Å². The third-order valence-electron chi connectivity index (χ3n) is 7.42. The van der Waals surface area contributed by atoms with Crippen LogP contribution in [0.15, 0.2) is 84.9 Å². The highest BCUT2D eigenvalue weighted by Gasteiger charge is 2.46. The Morgan fingerprint density at radius 2 is 1.49 bits per heavy atom. The number of carboxylic acids is 1. The maximum atomic E-state index is 14.1. The number of carbonyl (C=O) groups excluding carboxylic acids is 1. The van der Waals surface area contributed by atoms with Crippen LogP contribution in [0, 0.1) is 17.7 Å². The minimum absolute atomic E-state index is 0.00734. The van der Waals surface area contributed by atoms with Gasteiger partial charge < -0.3 is 25.5 Å². The van der Waals surface area contributed by atoms with Gasteiger partial charge in [0.15, 0.2) is 0 Å². The first kappa shape index (κ1) is 30.0. The Bertz CT molecular complexity index is 1350. The largest absolute Gasteiger partial charge is 0.481 e. The number of rotatable bonds is 12. The second-order valence-corrected chi connectivity index (χ2v) is 10.8. The number of aliphatic hydroxyl groups excluding tert-OH is 2. The number of halogens is 1. The molecule has 0 unspecified atom stereocenters. The van der Waals surface area contributed by atoms with Gasteiger partial charge in [0.05, 0.1) is 24.5 Å². The van der Waals surface area contributed by atoms with Crippen LogP contribution in [-0.4, -0.2) is 56.9 Å². The van der Waals surface area contributed by atoms with Gasteiger partial charge in [-0.25, -0.2) is 4.39 Å². The fourth-order valence-corrected chi connectivity index (χ4v) is 5.70. The molecule has 41 heavy (non-hydrogen) atoms. The van der Waals surface area contributed by atoms with Crippen molar-refractivity contribution >= 4 is 28.8 Å². The van der Waals surface area contributed by atoms with Crippen molar-refractivity contribution in [3.05, 3.63) is 102 Å². The first-order valence-corrected chi connectivity index (χ1v) is 13.9. The Kier molecular flexibility index (Phi) is 9.91. The number of nitrogens with zero attached hydrogens (tertiary/aromatic N) is 1. The standard InChI is InChI=1S/C33H37FN2O5/c1-21(2)31-30(33(41)35-25-11-7-4-8-12-25)29(22-9-5-3-6-10-22)32(23-13-15-24(34)16-14-23)36(31)18-17-26(37)19-27(38)20-28(39)40/h3-16,21,26-27,30-31,37-38H,17-20H2,1-2H3,(H,35,41)(H,39,40)/t26-,27+,30-,31-/m0/s1. The number of hydrogen-bond acceptors (Lipinski definition) is 5. The molecule has 3 aromatic carbocycles. The lowest BCUT2D eigenvalue weighted by atomic mass is 9.83. The van der Waals surface area contributed by atoms with Crippen molar-refractivity contribution in [2.24, 2.45) is 11.8 Å². The van der Waals surface area contributed by atoms with E-state index in [4.69, 9.17) is 5.11 Å². The quantitative estimate of drug-likeness (QED) is 0.240. The molecule has 0 saturated carbocycles. The number of carboxylic acid groups (broad SMARTS) is 1. The highest BCUT2D eigenvalue weighted by Crippen LogP contribution is 2.48. The third-order valence-corrected chi connectivity index (χ3v) is 7.42. The molecule has 4 rings (SSSR count). The van der Waals surface area contributed by atoms with Gasteiger partial charge in [0.25, 0.3) is 0 Å². The SMILES string of the molecule is CC(C)[C@H]1[C@@H](C(=O)Nc2ccccc2)C(c2ccccc2)=C(c2ccc(F)cc2)N1CC[C@H](O)C[C@@H](O)CC(=O)O. The molecule has 1 aliphatic heterocycles. The average molecular weight is 561 g/mol. The van der Waals surface area contributed by atoms with E-state index in [1.165, 1.54) is 12.1 Å². The topological polar surface area (TPSA) is 110 Å². The molecule has 4 atom stereocenters. The van der Waals surface area contributed by atoms with Gasteiger partial charge in [-0.2, -0.15) is 0 Å². The van der Waals surface area contributed by atoms with Crippen molar-refractivity contribution in [3.8, 4) is 0 Å². The van der Waals surface area contributed by atoms with E-state index >= 15 is 0 Å². The molecule has 8 heteroatoms. The Labute approximate surface area is 240 Å². The number of benzene rings is 3. The summed E-state index contributed by atoms with van der Waals surface area (Å²) in [4.78, 5) is 27.2. The molecule has 0 aromatic heterocycles. The number of nitrogens with one attached hydrogen (secondary N) is 1. The van der Waals surface area contributed by atoms with Gasteiger partial charge in [0.2, 0.25) is 5.91 Å². The molecule has 0 spiro atoms. The lowest BCUT2D eigenvalue weighted by Gasteiger charge is -2.35. The predicted molar refractivity (Wildman–Crippen MR) is 157 cm³/mol. The summed E-state index contributed by atoms with van der Waals surface area (Å²) in [5.41, 5.74) is 3.88. The van der Waals surface area contributed by atoms with Gasteiger partial charge in [-0.3, -0.25) is 9.59 Å². The molecular formula is C33H37FN2O5. The first-order valence-electron chi connectivity index (χ1n) is 13.9. The molecule has 216 valence electrons. The zero-order chi connectivity index (χ0) is 29.5. The number of aliphatic hydroxyl groups is 2. The minimum atomic E-state index is -1.17. The molecule has 3 aromatic rings. The zero-order valence-electron chi connectivity index (χ0n) is 23.3. The number of hydrogen-bond donors (Lipinski definition) is 4. The fourth-order valence-electron chi connectivity index (χ4n) is 5.70. The van der Waals surface area contributed by atoms with Crippen molar-refractivity contribution < 1.29 is 29.3 Å². The van der Waals surface area contributed by atoms with Crippen LogP contribution in [0.1, 0.15) is 44.2 Å². The van der Waals surface area contributed by atoms with Crippen LogP contribution in [0.2, 0.25) is 0 Å². The molecule has 1 amide bonds. The van der Waals surface area contributed by atoms with Crippen LogP contribution in [0.5, 0.6) is 0 Å². The smallest absolute Gasteiger partial charge is 0.305 e. The summed E-state index contributed by atoms with van der Waals surface area (Å²) in [5, 5.41) is 32.9. The van der Waals surface area contributed by atoms with Crippen molar-refractivity contribution in [1.82, 2.24) is 4.90 Å². The van der Waals surface area contributed by atoms with E-state index < -0.39 is 30.5 Å². The summed E-state index contributed by atoms with van der Waals surface area (Å²) in [7, 11) is 0. The number of amides is 1. The summed E-state index contributed by atoms with van der Waals surface area (Å²) in [6.45, 7) is 4.43. The molecule has 0 fully saturated rings. The highest BCUT2D eigenvalue weighted by atomic mass is 19.1. The molecule has 0 bridgehead atoms. The van der Waals surface area contributed by atoms with E-state index in [1.807, 2.05) is 74.5 Å². The van der Waals surface area contributed by atoms with Crippen LogP contribution in [0.4, 0.5) is 10.1 Å². The van der Waals surface area contributed by atoms with E-state index in [-0.39, 0.29) is 36.5 Å². The Balaban J connectivity index is 1.79. The number of anilines is 1. The van der Waals surface area contributed by atoms with Crippen LogP contribution >= 0.6 is 0 Å². The number of aliphatic carboxylic acids is 1. The van der Waals surface area contributed by atoms with Crippen LogP contribution < -0.4 is 5.32 Å². The summed E-state index contributed by atoms with van der Waals surface area (Å²) in [6, 6.07) is 24.8. The fraction of sp³-hybridized carbons (Fsp3) is 0.333. The van der Waals surface area contributed by atoms with Gasteiger partial charge in [-0.15, -0.1) is 0 Å². The van der Waals surface area contributed by atoms with Crippen molar-refractivity contribution in [2.75, 3.05) is 11.9 Å². The van der Waals surface area contributed by atoms with Gasteiger partial charge in [-0.05, 0) is 71.9 Å². The third kappa shape index (κ3) is 7.39. The molecular weight excluding hydrogens is 523 g/mol. The summed E-state index contributed by atoms with van der Waals surface area (Å²) in [5.74, 6) is -2.26. The van der Waals surface area contributed by atoms with E-state index in [0.29, 0.717) is 12.2 Å². The number of carbonyl (C=O) groups is 2. The maximum Gasteiger partial charge on any atom is 0.305 e. The Morgan fingerprint density at radius 1 is 0.878 bits per heavy atom. The normalized spacial score (nSPS) is 18.4. The molecule has 7 nitrogen and oxygen atoms in total. The first-order chi connectivity index (χ1) is 19.7. The van der Waals surface area contributed by atoms with Gasteiger partial charge in [-0.1, -0.05) is 62.4 Å². The maximum absolute atomic E-state index is 14.1. The van der Waals surface area contributed by atoms with Gasteiger partial charge >= 0.3 is 5.97 Å². The van der Waals surface area contributed by atoms with E-state index in [0.717, 1.165) is 22.4 Å². The molecule has 1 heterocycles. The van der Waals surface area contributed by atoms with Crippen molar-refractivity contribution in [2.45, 2.75) is 51.4 Å². The van der Waals surface area contributed by atoms with Crippen molar-refractivity contribution in [1.29, 1.82) is 0 Å². The lowest BCUT2D eigenvalue weighted by Crippen LogP contribution is -2.43. The second-order valence-electron chi connectivity index (χ2n) is 10.8. The Hall–Kier alpha value is -4.01. The molecule has 1 aliphatic rings. The van der Waals surface area contributed by atoms with Gasteiger partial charge in [0.1, 0.15) is 5.82 Å². The van der Waals surface area contributed by atoms with Crippen LogP contribution in [-0.2, 0) is 9.59 Å². The summed E-state index contributed by atoms with van der Waals surface area (Å²) in [6.07, 6.45) is -2.41. The molecule has 0 radical (unpaired) electrons. The molecule has 4 N–H and O–H groups in total. The molecule has 0 saturated heterocycles. The summed E-state index contributed by atoms with van der Waals surface area (Å²) >= 11 is 0. The number of para-hydroxylation sites is 1. The predicted octanol–water partition coefficient (Wildman–Crippen LogP) is 5.27. The van der Waals surface area contributed by atoms with Crippen LogP contribution in [0.3, 0.4) is 0 Å². The summed E-state index contributed by atoms with van der Waals surface area (Å²) < 4.78 is 14.0. The average Bonchev–Trinajstić information content (AvgIpc) is 3.28. The highest BCUT2D eigenvalue weighted by molar-refractivity contribution is 6.08. The lowest BCUT2D eigenvalue weighted by molar-refractivity contribution is -0.139. The van der Waals surface area contributed by atoms with Crippen LogP contribution in [0.25, 0.3) is 11.3 Å². The van der Waals surface area contributed by atoms with Gasteiger partial charge in [0, 0.05) is 24.0 Å². The minimum Gasteiger partial charge on any atom is -0.481 e.